The van der Waals surface area contributed by atoms with Crippen LogP contribution in [0.4, 0.5) is 4.39 Å². The maximum absolute atomic E-state index is 13.1. The fourth-order valence-corrected chi connectivity index (χ4v) is 2.39. The molecule has 0 fully saturated rings. The van der Waals surface area contributed by atoms with Gasteiger partial charge in [-0.3, -0.25) is 4.79 Å². The zero-order valence-corrected chi connectivity index (χ0v) is 13.0. The van der Waals surface area contributed by atoms with Crippen molar-refractivity contribution in [3.05, 3.63) is 65.0 Å². The van der Waals surface area contributed by atoms with E-state index in [4.69, 9.17) is 4.74 Å². The van der Waals surface area contributed by atoms with Crippen molar-refractivity contribution in [2.45, 2.75) is 26.3 Å². The van der Waals surface area contributed by atoms with Gasteiger partial charge in [0, 0.05) is 5.56 Å². The SMILES string of the molecule is COc1ccc(C)cc1[C@H](C)NC(=O)Cc1cccc(F)c1. The molecule has 4 heteroatoms. The minimum absolute atomic E-state index is 0.149. The van der Waals surface area contributed by atoms with E-state index in [1.807, 2.05) is 32.0 Å². The van der Waals surface area contributed by atoms with Gasteiger partial charge in [-0.25, -0.2) is 4.39 Å². The highest BCUT2D eigenvalue weighted by atomic mass is 19.1. The molecule has 116 valence electrons. The Morgan fingerprint density at radius 2 is 2.05 bits per heavy atom. The lowest BCUT2D eigenvalue weighted by molar-refractivity contribution is -0.121. The van der Waals surface area contributed by atoms with Gasteiger partial charge in [-0.2, -0.15) is 0 Å². The summed E-state index contributed by atoms with van der Waals surface area (Å²) >= 11 is 0. The first-order chi connectivity index (χ1) is 10.5. The lowest BCUT2D eigenvalue weighted by atomic mass is 10.0. The van der Waals surface area contributed by atoms with Crippen LogP contribution in [0.15, 0.2) is 42.5 Å². The second kappa shape index (κ2) is 7.07. The van der Waals surface area contributed by atoms with Gasteiger partial charge in [-0.05, 0) is 37.6 Å². The lowest BCUT2D eigenvalue weighted by Crippen LogP contribution is -2.28. The van der Waals surface area contributed by atoms with Crippen LogP contribution >= 0.6 is 0 Å². The number of benzene rings is 2. The van der Waals surface area contributed by atoms with Crippen molar-refractivity contribution in [1.29, 1.82) is 0 Å². The summed E-state index contributed by atoms with van der Waals surface area (Å²) in [6, 6.07) is 11.7. The number of methoxy groups -OCH3 is 1. The molecular weight excluding hydrogens is 281 g/mol. The summed E-state index contributed by atoms with van der Waals surface area (Å²) in [6.45, 7) is 3.89. The van der Waals surface area contributed by atoms with E-state index < -0.39 is 0 Å². The summed E-state index contributed by atoms with van der Waals surface area (Å²) in [4.78, 5) is 12.1. The molecule has 0 aliphatic rings. The molecule has 0 saturated heterocycles. The molecule has 0 aliphatic carbocycles. The number of aryl methyl sites for hydroxylation is 1. The predicted octanol–water partition coefficient (Wildman–Crippen LogP) is 3.56. The van der Waals surface area contributed by atoms with Crippen LogP contribution in [0.1, 0.15) is 29.7 Å². The summed E-state index contributed by atoms with van der Waals surface area (Å²) in [5.41, 5.74) is 2.68. The van der Waals surface area contributed by atoms with E-state index in [0.717, 1.165) is 16.9 Å². The molecule has 0 unspecified atom stereocenters. The van der Waals surface area contributed by atoms with E-state index in [9.17, 15) is 9.18 Å². The topological polar surface area (TPSA) is 38.3 Å². The number of amides is 1. The third kappa shape index (κ3) is 4.07. The molecule has 0 bridgehead atoms. The fraction of sp³-hybridized carbons (Fsp3) is 0.278. The van der Waals surface area contributed by atoms with Gasteiger partial charge in [0.15, 0.2) is 0 Å². The third-order valence-corrected chi connectivity index (χ3v) is 3.48. The first-order valence-electron chi connectivity index (χ1n) is 7.18. The summed E-state index contributed by atoms with van der Waals surface area (Å²) in [7, 11) is 1.61. The van der Waals surface area contributed by atoms with Crippen LogP contribution < -0.4 is 10.1 Å². The number of hydrogen-bond donors (Lipinski definition) is 1. The van der Waals surface area contributed by atoms with E-state index in [0.29, 0.717) is 5.56 Å². The van der Waals surface area contributed by atoms with E-state index >= 15 is 0 Å². The molecule has 3 nitrogen and oxygen atoms in total. The maximum Gasteiger partial charge on any atom is 0.224 e. The number of rotatable bonds is 5. The molecule has 0 radical (unpaired) electrons. The highest BCUT2D eigenvalue weighted by molar-refractivity contribution is 5.79. The van der Waals surface area contributed by atoms with Crippen LogP contribution in [-0.4, -0.2) is 13.0 Å². The molecule has 0 aliphatic heterocycles. The zero-order valence-electron chi connectivity index (χ0n) is 13.0. The van der Waals surface area contributed by atoms with Crippen LogP contribution in [0.5, 0.6) is 5.75 Å². The lowest BCUT2D eigenvalue weighted by Gasteiger charge is -2.18. The van der Waals surface area contributed by atoms with Gasteiger partial charge < -0.3 is 10.1 Å². The van der Waals surface area contributed by atoms with Crippen LogP contribution in [-0.2, 0) is 11.2 Å². The molecule has 2 rings (SSSR count). The molecule has 0 aromatic heterocycles. The number of halogens is 1. The zero-order chi connectivity index (χ0) is 16.1. The molecular formula is C18H20FNO2. The highest BCUT2D eigenvalue weighted by Crippen LogP contribution is 2.26. The quantitative estimate of drug-likeness (QED) is 0.917. The Labute approximate surface area is 130 Å². The van der Waals surface area contributed by atoms with Crippen molar-refractivity contribution in [2.24, 2.45) is 0 Å². The van der Waals surface area contributed by atoms with Crippen LogP contribution in [0.2, 0.25) is 0 Å². The standard InChI is InChI=1S/C18H20FNO2/c1-12-7-8-17(22-3)16(9-12)13(2)20-18(21)11-14-5-4-6-15(19)10-14/h4-10,13H,11H2,1-3H3,(H,20,21)/t13-/m0/s1. The molecule has 1 amide bonds. The van der Waals surface area contributed by atoms with Crippen molar-refractivity contribution in [2.75, 3.05) is 7.11 Å². The number of hydrogen-bond acceptors (Lipinski definition) is 2. The number of carbonyl (C=O) groups is 1. The van der Waals surface area contributed by atoms with Crippen molar-refractivity contribution < 1.29 is 13.9 Å². The molecule has 22 heavy (non-hydrogen) atoms. The normalized spacial score (nSPS) is 11.8. The summed E-state index contributed by atoms with van der Waals surface area (Å²) < 4.78 is 18.5. The number of carbonyl (C=O) groups excluding carboxylic acids is 1. The van der Waals surface area contributed by atoms with Gasteiger partial charge in [0.25, 0.3) is 0 Å². The first kappa shape index (κ1) is 16.0. The summed E-state index contributed by atoms with van der Waals surface area (Å²) in [5, 5.41) is 2.92. The Morgan fingerprint density at radius 1 is 1.27 bits per heavy atom. The van der Waals surface area contributed by atoms with Crippen molar-refractivity contribution >= 4 is 5.91 Å². The smallest absolute Gasteiger partial charge is 0.224 e. The predicted molar refractivity (Wildman–Crippen MR) is 84.4 cm³/mol. The van der Waals surface area contributed by atoms with Crippen molar-refractivity contribution in [3.63, 3.8) is 0 Å². The van der Waals surface area contributed by atoms with E-state index in [1.54, 1.807) is 19.2 Å². The molecule has 2 aromatic carbocycles. The van der Waals surface area contributed by atoms with Crippen molar-refractivity contribution in [1.82, 2.24) is 5.32 Å². The Kier molecular flexibility index (Phi) is 5.15. The minimum atomic E-state index is -0.335. The molecule has 1 N–H and O–H groups in total. The Morgan fingerprint density at radius 3 is 2.73 bits per heavy atom. The van der Waals surface area contributed by atoms with Crippen LogP contribution in [0.25, 0.3) is 0 Å². The van der Waals surface area contributed by atoms with Crippen molar-refractivity contribution in [3.8, 4) is 5.75 Å². The Hall–Kier alpha value is -2.36. The van der Waals surface area contributed by atoms with E-state index in [-0.39, 0.29) is 24.2 Å². The molecule has 2 aromatic rings. The van der Waals surface area contributed by atoms with E-state index in [1.165, 1.54) is 12.1 Å². The average Bonchev–Trinajstić information content (AvgIpc) is 2.47. The van der Waals surface area contributed by atoms with Crippen LogP contribution in [0.3, 0.4) is 0 Å². The second-order valence-electron chi connectivity index (χ2n) is 5.34. The van der Waals surface area contributed by atoms with Gasteiger partial charge >= 0.3 is 0 Å². The largest absolute Gasteiger partial charge is 0.496 e. The third-order valence-electron chi connectivity index (χ3n) is 3.48. The molecule has 0 spiro atoms. The molecule has 0 saturated carbocycles. The first-order valence-corrected chi connectivity index (χ1v) is 7.18. The fourth-order valence-electron chi connectivity index (χ4n) is 2.39. The summed E-state index contributed by atoms with van der Waals surface area (Å²) in [5.74, 6) is 0.254. The van der Waals surface area contributed by atoms with Gasteiger partial charge in [0.05, 0.1) is 19.6 Å². The molecule has 1 atom stereocenters. The second-order valence-corrected chi connectivity index (χ2v) is 5.34. The van der Waals surface area contributed by atoms with Gasteiger partial charge in [0.1, 0.15) is 11.6 Å². The Balaban J connectivity index is 2.06. The number of ether oxygens (including phenoxy) is 1. The van der Waals surface area contributed by atoms with E-state index in [2.05, 4.69) is 5.32 Å². The highest BCUT2D eigenvalue weighted by Gasteiger charge is 2.14. The van der Waals surface area contributed by atoms with Gasteiger partial charge in [-0.1, -0.05) is 29.8 Å². The molecule has 0 heterocycles. The minimum Gasteiger partial charge on any atom is -0.496 e. The van der Waals surface area contributed by atoms with Crippen LogP contribution in [0, 0.1) is 12.7 Å². The Bertz CT molecular complexity index is 670. The van der Waals surface area contributed by atoms with Gasteiger partial charge in [0.2, 0.25) is 5.91 Å². The number of nitrogens with one attached hydrogen (secondary N) is 1. The average molecular weight is 301 g/mol. The monoisotopic (exact) mass is 301 g/mol. The van der Waals surface area contributed by atoms with Gasteiger partial charge in [-0.15, -0.1) is 0 Å². The maximum atomic E-state index is 13.1. The summed E-state index contributed by atoms with van der Waals surface area (Å²) in [6.07, 6.45) is 0.149.